The molecule has 2 aromatic rings. The van der Waals surface area contributed by atoms with Gasteiger partial charge in [0.1, 0.15) is 0 Å². The molecule has 0 aliphatic carbocycles. The zero-order valence-corrected chi connectivity index (χ0v) is 11.2. The molecule has 0 unspecified atom stereocenters. The van der Waals surface area contributed by atoms with E-state index in [2.05, 4.69) is 9.72 Å². The number of methoxy groups -OCH3 is 1. The van der Waals surface area contributed by atoms with Gasteiger partial charge in [-0.1, -0.05) is 12.1 Å². The summed E-state index contributed by atoms with van der Waals surface area (Å²) in [5, 5.41) is 0. The number of primary amides is 1. The fourth-order valence-corrected chi connectivity index (χ4v) is 1.79. The largest absolute Gasteiger partial charge is 0.464 e. The number of hydrogen-bond donors (Lipinski definition) is 1. The van der Waals surface area contributed by atoms with Crippen LogP contribution in [0, 0.1) is 0 Å². The maximum atomic E-state index is 12.4. The van der Waals surface area contributed by atoms with Crippen LogP contribution in [0.3, 0.4) is 0 Å². The Morgan fingerprint density at radius 2 is 1.67 bits per heavy atom. The Balaban J connectivity index is 2.40. The number of amides is 1. The number of benzene rings is 1. The van der Waals surface area contributed by atoms with Gasteiger partial charge in [0, 0.05) is 17.3 Å². The normalized spacial score (nSPS) is 9.95. The van der Waals surface area contributed by atoms with Crippen molar-refractivity contribution in [2.75, 3.05) is 7.11 Å². The van der Waals surface area contributed by atoms with Crippen molar-refractivity contribution in [1.29, 1.82) is 0 Å². The lowest BCUT2D eigenvalue weighted by Gasteiger charge is -2.06. The Hall–Kier alpha value is -3.02. The number of pyridine rings is 1. The minimum atomic E-state index is -0.687. The van der Waals surface area contributed by atoms with Gasteiger partial charge in [-0.15, -0.1) is 0 Å². The molecule has 6 heteroatoms. The van der Waals surface area contributed by atoms with Crippen molar-refractivity contribution < 1.29 is 19.1 Å². The summed E-state index contributed by atoms with van der Waals surface area (Å²) in [7, 11) is 1.22. The number of hydrogen-bond acceptors (Lipinski definition) is 5. The quantitative estimate of drug-likeness (QED) is 0.671. The summed E-state index contributed by atoms with van der Waals surface area (Å²) < 4.78 is 4.60. The van der Waals surface area contributed by atoms with Crippen molar-refractivity contribution in [2.24, 2.45) is 5.73 Å². The van der Waals surface area contributed by atoms with Gasteiger partial charge in [-0.3, -0.25) is 9.59 Å². The SMILES string of the molecule is COC(=O)c1ncccc1C(=O)c1ccc(C(N)=O)cc1. The second-order valence-corrected chi connectivity index (χ2v) is 4.16. The standard InChI is InChI=1S/C15H12N2O4/c1-21-15(20)12-11(3-2-8-17-12)13(18)9-4-6-10(7-5-9)14(16)19/h2-8H,1H3,(H2,16,19). The summed E-state index contributed by atoms with van der Waals surface area (Å²) in [6.45, 7) is 0. The fourth-order valence-electron chi connectivity index (χ4n) is 1.79. The third-order valence-electron chi connectivity index (χ3n) is 2.86. The van der Waals surface area contributed by atoms with Crippen molar-refractivity contribution >= 4 is 17.7 Å². The van der Waals surface area contributed by atoms with Crippen molar-refractivity contribution in [3.63, 3.8) is 0 Å². The van der Waals surface area contributed by atoms with E-state index in [9.17, 15) is 14.4 Å². The molecule has 0 aliphatic heterocycles. The number of aromatic nitrogens is 1. The lowest BCUT2D eigenvalue weighted by Crippen LogP contribution is -2.14. The van der Waals surface area contributed by atoms with E-state index in [4.69, 9.17) is 5.73 Å². The molecule has 0 fully saturated rings. The van der Waals surface area contributed by atoms with Gasteiger partial charge >= 0.3 is 5.97 Å². The predicted molar refractivity (Wildman–Crippen MR) is 74.0 cm³/mol. The molecular formula is C15H12N2O4. The smallest absolute Gasteiger partial charge is 0.357 e. The van der Waals surface area contributed by atoms with Crippen LogP contribution in [-0.4, -0.2) is 29.8 Å². The number of rotatable bonds is 4. The van der Waals surface area contributed by atoms with Gasteiger partial charge in [0.05, 0.1) is 12.7 Å². The number of ether oxygens (including phenoxy) is 1. The molecule has 0 spiro atoms. The highest BCUT2D eigenvalue weighted by Crippen LogP contribution is 2.14. The molecule has 1 heterocycles. The molecule has 1 aromatic carbocycles. The Morgan fingerprint density at radius 3 is 2.24 bits per heavy atom. The van der Waals surface area contributed by atoms with Gasteiger partial charge in [0.15, 0.2) is 11.5 Å². The third-order valence-corrected chi connectivity index (χ3v) is 2.86. The Bertz CT molecular complexity index is 708. The first-order valence-electron chi connectivity index (χ1n) is 6.02. The van der Waals surface area contributed by atoms with Crippen LogP contribution in [0.15, 0.2) is 42.6 Å². The van der Waals surface area contributed by atoms with Crippen molar-refractivity contribution in [1.82, 2.24) is 4.98 Å². The first-order valence-corrected chi connectivity index (χ1v) is 6.02. The molecule has 21 heavy (non-hydrogen) atoms. The van der Waals surface area contributed by atoms with Crippen LogP contribution in [0.4, 0.5) is 0 Å². The first-order chi connectivity index (χ1) is 10.0. The summed E-state index contributed by atoms with van der Waals surface area (Å²) in [5.74, 6) is -1.65. The minimum absolute atomic E-state index is 0.0519. The van der Waals surface area contributed by atoms with Gasteiger partial charge in [-0.2, -0.15) is 0 Å². The van der Waals surface area contributed by atoms with Crippen molar-refractivity contribution in [3.8, 4) is 0 Å². The van der Waals surface area contributed by atoms with Crippen LogP contribution >= 0.6 is 0 Å². The van der Waals surface area contributed by atoms with Crippen LogP contribution < -0.4 is 5.73 Å². The molecule has 106 valence electrons. The topological polar surface area (TPSA) is 99.3 Å². The molecule has 0 saturated heterocycles. The van der Waals surface area contributed by atoms with E-state index in [1.54, 1.807) is 6.07 Å². The van der Waals surface area contributed by atoms with E-state index < -0.39 is 11.9 Å². The van der Waals surface area contributed by atoms with E-state index >= 15 is 0 Å². The summed E-state index contributed by atoms with van der Waals surface area (Å²) in [6.07, 6.45) is 1.40. The van der Waals surface area contributed by atoms with Crippen molar-refractivity contribution in [2.45, 2.75) is 0 Å². The number of carbonyl (C=O) groups is 3. The molecule has 2 rings (SSSR count). The number of carbonyl (C=O) groups excluding carboxylic acids is 3. The summed E-state index contributed by atoms with van der Waals surface area (Å²) in [4.78, 5) is 38.9. The maximum absolute atomic E-state index is 12.4. The average Bonchev–Trinajstić information content (AvgIpc) is 2.53. The number of ketones is 1. The molecule has 2 N–H and O–H groups in total. The minimum Gasteiger partial charge on any atom is -0.464 e. The summed E-state index contributed by atoms with van der Waals surface area (Å²) in [6, 6.07) is 8.88. The monoisotopic (exact) mass is 284 g/mol. The number of esters is 1. The average molecular weight is 284 g/mol. The third kappa shape index (κ3) is 2.94. The lowest BCUT2D eigenvalue weighted by molar-refractivity contribution is 0.0590. The van der Waals surface area contributed by atoms with Gasteiger partial charge in [0.2, 0.25) is 5.91 Å². The fraction of sp³-hybridized carbons (Fsp3) is 0.0667. The number of nitrogens with zero attached hydrogens (tertiary/aromatic N) is 1. The van der Waals surface area contributed by atoms with Gasteiger partial charge in [0.25, 0.3) is 0 Å². The lowest BCUT2D eigenvalue weighted by atomic mass is 10.0. The molecule has 0 aliphatic rings. The molecule has 1 amide bonds. The summed E-state index contributed by atoms with van der Waals surface area (Å²) >= 11 is 0. The molecule has 1 aromatic heterocycles. The second-order valence-electron chi connectivity index (χ2n) is 4.16. The summed E-state index contributed by atoms with van der Waals surface area (Å²) in [5.41, 5.74) is 5.84. The number of nitrogens with two attached hydrogens (primary N) is 1. The highest BCUT2D eigenvalue weighted by Gasteiger charge is 2.20. The van der Waals surface area contributed by atoms with Gasteiger partial charge < -0.3 is 10.5 Å². The maximum Gasteiger partial charge on any atom is 0.357 e. The Morgan fingerprint density at radius 1 is 1.05 bits per heavy atom. The van der Waals surface area contributed by atoms with E-state index in [1.807, 2.05) is 0 Å². The molecular weight excluding hydrogens is 272 g/mol. The Labute approximate surface area is 120 Å². The first kappa shape index (κ1) is 14.4. The molecule has 0 atom stereocenters. The van der Waals surface area contributed by atoms with Crippen LogP contribution in [0.25, 0.3) is 0 Å². The van der Waals surface area contributed by atoms with E-state index in [0.717, 1.165) is 0 Å². The van der Waals surface area contributed by atoms with E-state index in [0.29, 0.717) is 11.1 Å². The van der Waals surface area contributed by atoms with Crippen LogP contribution in [0.5, 0.6) is 0 Å². The predicted octanol–water partition coefficient (Wildman–Crippen LogP) is 1.20. The molecule has 0 saturated carbocycles. The van der Waals surface area contributed by atoms with Gasteiger partial charge in [-0.25, -0.2) is 9.78 Å². The highest BCUT2D eigenvalue weighted by molar-refractivity contribution is 6.14. The van der Waals surface area contributed by atoms with Crippen LogP contribution in [0.1, 0.15) is 36.8 Å². The molecule has 0 bridgehead atoms. The van der Waals surface area contributed by atoms with Crippen LogP contribution in [0.2, 0.25) is 0 Å². The van der Waals surface area contributed by atoms with E-state index in [1.165, 1.54) is 43.6 Å². The zero-order chi connectivity index (χ0) is 15.4. The van der Waals surface area contributed by atoms with Crippen LogP contribution in [-0.2, 0) is 4.74 Å². The zero-order valence-electron chi connectivity index (χ0n) is 11.2. The molecule has 6 nitrogen and oxygen atoms in total. The van der Waals surface area contributed by atoms with Crippen molar-refractivity contribution in [3.05, 3.63) is 65.0 Å². The second kappa shape index (κ2) is 5.96. The Kier molecular flexibility index (Phi) is 4.08. The molecule has 0 radical (unpaired) electrons. The van der Waals surface area contributed by atoms with E-state index in [-0.39, 0.29) is 17.0 Å². The van der Waals surface area contributed by atoms with Gasteiger partial charge in [-0.05, 0) is 24.3 Å². The highest BCUT2D eigenvalue weighted by atomic mass is 16.5.